The fraction of sp³-hybridized carbons (Fsp3) is 0.111. The third-order valence-corrected chi connectivity index (χ3v) is 4.72. The standard InChI is InChI=1S/C18H17N3O2S/c1-21-18(24-15-10-8-14(23-2)9-11-15)16(12-19-22)17(20-21)13-6-4-3-5-7-13/h3-12,22H,1-2H3/b19-12-. The highest BCUT2D eigenvalue weighted by atomic mass is 32.2. The summed E-state index contributed by atoms with van der Waals surface area (Å²) in [7, 11) is 3.53. The predicted molar refractivity (Wildman–Crippen MR) is 95.1 cm³/mol. The molecular formula is C18H17N3O2S. The molecule has 2 aromatic carbocycles. The van der Waals surface area contributed by atoms with E-state index >= 15 is 0 Å². The first-order chi connectivity index (χ1) is 11.7. The molecule has 0 aliphatic carbocycles. The molecule has 0 spiro atoms. The summed E-state index contributed by atoms with van der Waals surface area (Å²) in [6.45, 7) is 0. The third-order valence-electron chi connectivity index (χ3n) is 3.54. The fourth-order valence-electron chi connectivity index (χ4n) is 2.38. The second-order valence-electron chi connectivity index (χ2n) is 5.08. The summed E-state index contributed by atoms with van der Waals surface area (Å²) in [6, 6.07) is 17.6. The van der Waals surface area contributed by atoms with Gasteiger partial charge in [-0.05, 0) is 24.3 Å². The summed E-state index contributed by atoms with van der Waals surface area (Å²) in [4.78, 5) is 1.05. The molecule has 1 aromatic heterocycles. The highest BCUT2D eigenvalue weighted by Gasteiger charge is 2.17. The number of hydrogen-bond acceptors (Lipinski definition) is 5. The van der Waals surface area contributed by atoms with Gasteiger partial charge in [0.15, 0.2) is 0 Å². The Morgan fingerprint density at radius 3 is 2.46 bits per heavy atom. The zero-order valence-corrected chi connectivity index (χ0v) is 14.2. The number of hydrogen-bond donors (Lipinski definition) is 1. The number of aryl methyl sites for hydroxylation is 1. The van der Waals surface area contributed by atoms with Crippen molar-refractivity contribution in [3.8, 4) is 17.0 Å². The van der Waals surface area contributed by atoms with Gasteiger partial charge in [0, 0.05) is 17.5 Å². The number of rotatable bonds is 5. The molecule has 0 aliphatic heterocycles. The summed E-state index contributed by atoms with van der Waals surface area (Å²) in [5.41, 5.74) is 2.54. The first kappa shape index (κ1) is 16.1. The quantitative estimate of drug-likeness (QED) is 0.433. The molecule has 1 heterocycles. The van der Waals surface area contributed by atoms with Crippen LogP contribution in [0.5, 0.6) is 5.75 Å². The first-order valence-corrected chi connectivity index (χ1v) is 8.16. The highest BCUT2D eigenvalue weighted by Crippen LogP contribution is 2.35. The Labute approximate surface area is 144 Å². The van der Waals surface area contributed by atoms with E-state index in [1.165, 1.54) is 6.21 Å². The Morgan fingerprint density at radius 2 is 1.83 bits per heavy atom. The first-order valence-electron chi connectivity index (χ1n) is 7.34. The van der Waals surface area contributed by atoms with E-state index in [-0.39, 0.29) is 0 Å². The van der Waals surface area contributed by atoms with E-state index in [1.807, 2.05) is 61.6 Å². The minimum atomic E-state index is 0.784. The summed E-state index contributed by atoms with van der Waals surface area (Å²) in [5, 5.41) is 17.8. The van der Waals surface area contributed by atoms with Gasteiger partial charge in [-0.15, -0.1) is 0 Å². The van der Waals surface area contributed by atoms with E-state index in [0.717, 1.165) is 32.5 Å². The van der Waals surface area contributed by atoms with Gasteiger partial charge in [0.05, 0.1) is 18.9 Å². The topological polar surface area (TPSA) is 59.6 Å². The lowest BCUT2D eigenvalue weighted by Crippen LogP contribution is -1.93. The van der Waals surface area contributed by atoms with Crippen LogP contribution in [0.1, 0.15) is 5.56 Å². The van der Waals surface area contributed by atoms with Gasteiger partial charge >= 0.3 is 0 Å². The molecule has 0 saturated heterocycles. The summed E-state index contributed by atoms with van der Waals surface area (Å²) >= 11 is 1.56. The van der Waals surface area contributed by atoms with Gasteiger partial charge in [0.25, 0.3) is 0 Å². The smallest absolute Gasteiger partial charge is 0.118 e. The zero-order valence-electron chi connectivity index (χ0n) is 13.4. The molecule has 122 valence electrons. The lowest BCUT2D eigenvalue weighted by atomic mass is 10.1. The second-order valence-corrected chi connectivity index (χ2v) is 6.14. The molecule has 1 N–H and O–H groups in total. The van der Waals surface area contributed by atoms with Crippen molar-refractivity contribution >= 4 is 18.0 Å². The van der Waals surface area contributed by atoms with Gasteiger partial charge < -0.3 is 9.94 Å². The molecular weight excluding hydrogens is 322 g/mol. The number of aromatic nitrogens is 2. The van der Waals surface area contributed by atoms with E-state index in [0.29, 0.717) is 0 Å². The fourth-order valence-corrected chi connectivity index (χ4v) is 3.31. The molecule has 0 amide bonds. The molecule has 24 heavy (non-hydrogen) atoms. The van der Waals surface area contributed by atoms with Crippen molar-refractivity contribution < 1.29 is 9.94 Å². The van der Waals surface area contributed by atoms with Crippen LogP contribution in [0.3, 0.4) is 0 Å². The molecule has 0 saturated carbocycles. The maximum Gasteiger partial charge on any atom is 0.118 e. The van der Waals surface area contributed by atoms with Crippen LogP contribution in [-0.2, 0) is 7.05 Å². The number of benzene rings is 2. The second kappa shape index (κ2) is 7.23. The summed E-state index contributed by atoms with van der Waals surface area (Å²) < 4.78 is 6.99. The molecule has 0 fully saturated rings. The van der Waals surface area contributed by atoms with E-state index in [4.69, 9.17) is 9.94 Å². The van der Waals surface area contributed by atoms with Gasteiger partial charge in [0.1, 0.15) is 16.5 Å². The van der Waals surface area contributed by atoms with Crippen LogP contribution in [0.25, 0.3) is 11.3 Å². The molecule has 5 nitrogen and oxygen atoms in total. The Hall–Kier alpha value is -2.73. The average molecular weight is 339 g/mol. The molecule has 0 unspecified atom stereocenters. The SMILES string of the molecule is COc1ccc(Sc2c(/C=N\O)c(-c3ccccc3)nn2C)cc1. The van der Waals surface area contributed by atoms with E-state index < -0.39 is 0 Å². The van der Waals surface area contributed by atoms with E-state index in [2.05, 4.69) is 10.3 Å². The van der Waals surface area contributed by atoms with Gasteiger partial charge in [0.2, 0.25) is 0 Å². The summed E-state index contributed by atoms with van der Waals surface area (Å²) in [5.74, 6) is 0.812. The Morgan fingerprint density at radius 1 is 1.12 bits per heavy atom. The lowest BCUT2D eigenvalue weighted by molar-refractivity contribution is 0.321. The maximum absolute atomic E-state index is 9.07. The number of methoxy groups -OCH3 is 1. The van der Waals surface area contributed by atoms with Crippen molar-refractivity contribution in [3.63, 3.8) is 0 Å². The van der Waals surface area contributed by atoms with Crippen LogP contribution >= 0.6 is 11.8 Å². The molecule has 3 rings (SSSR count). The normalized spacial score (nSPS) is 11.1. The summed E-state index contributed by atoms with van der Waals surface area (Å²) in [6.07, 6.45) is 1.43. The van der Waals surface area contributed by atoms with Crippen LogP contribution in [0.2, 0.25) is 0 Å². The van der Waals surface area contributed by atoms with Crippen molar-refractivity contribution in [2.24, 2.45) is 12.2 Å². The Balaban J connectivity index is 2.02. The van der Waals surface area contributed by atoms with Crippen LogP contribution in [0, 0.1) is 0 Å². The van der Waals surface area contributed by atoms with Crippen LogP contribution in [0.15, 0.2) is 69.7 Å². The van der Waals surface area contributed by atoms with Gasteiger partial charge in [-0.3, -0.25) is 4.68 Å². The molecule has 6 heteroatoms. The van der Waals surface area contributed by atoms with Crippen molar-refractivity contribution in [2.75, 3.05) is 7.11 Å². The predicted octanol–water partition coefficient (Wildman–Crippen LogP) is 4.06. The maximum atomic E-state index is 9.07. The van der Waals surface area contributed by atoms with Gasteiger partial charge in [-0.2, -0.15) is 5.10 Å². The number of nitrogens with zero attached hydrogens (tertiary/aromatic N) is 3. The molecule has 3 aromatic rings. The van der Waals surface area contributed by atoms with Crippen molar-refractivity contribution in [1.82, 2.24) is 9.78 Å². The Kier molecular flexibility index (Phi) is 4.86. The average Bonchev–Trinajstić information content (AvgIpc) is 2.93. The van der Waals surface area contributed by atoms with Crippen molar-refractivity contribution in [1.29, 1.82) is 0 Å². The van der Waals surface area contributed by atoms with E-state index in [1.54, 1.807) is 23.6 Å². The molecule has 0 bridgehead atoms. The molecule has 0 radical (unpaired) electrons. The van der Waals surface area contributed by atoms with E-state index in [9.17, 15) is 0 Å². The molecule has 0 atom stereocenters. The zero-order chi connectivity index (χ0) is 16.9. The third kappa shape index (κ3) is 3.28. The van der Waals surface area contributed by atoms with Crippen molar-refractivity contribution in [2.45, 2.75) is 9.92 Å². The molecule has 0 aliphatic rings. The Bertz CT molecular complexity index is 843. The monoisotopic (exact) mass is 339 g/mol. The van der Waals surface area contributed by atoms with Crippen LogP contribution < -0.4 is 4.74 Å². The lowest BCUT2D eigenvalue weighted by Gasteiger charge is -2.05. The van der Waals surface area contributed by atoms with Crippen LogP contribution in [-0.4, -0.2) is 28.3 Å². The minimum absolute atomic E-state index is 0.784. The van der Waals surface area contributed by atoms with Crippen LogP contribution in [0.4, 0.5) is 0 Å². The largest absolute Gasteiger partial charge is 0.497 e. The number of ether oxygens (including phenoxy) is 1. The van der Waals surface area contributed by atoms with Gasteiger partial charge in [-0.1, -0.05) is 47.2 Å². The minimum Gasteiger partial charge on any atom is -0.497 e. The van der Waals surface area contributed by atoms with Gasteiger partial charge in [-0.25, -0.2) is 0 Å². The van der Waals surface area contributed by atoms with Crippen molar-refractivity contribution in [3.05, 3.63) is 60.2 Å². The highest BCUT2D eigenvalue weighted by molar-refractivity contribution is 7.99. The number of oxime groups is 1.